The number of rotatable bonds is 6. The highest BCUT2D eigenvalue weighted by Crippen LogP contribution is 2.33. The predicted octanol–water partition coefficient (Wildman–Crippen LogP) is 2.43. The molecule has 1 aromatic carbocycles. The zero-order valence-corrected chi connectivity index (χ0v) is 14.7. The van der Waals surface area contributed by atoms with Gasteiger partial charge in [-0.05, 0) is 62.5 Å². The third-order valence-electron chi connectivity index (χ3n) is 4.83. The number of nitrogens with zero attached hydrogens (tertiary/aromatic N) is 1. The van der Waals surface area contributed by atoms with Crippen molar-refractivity contribution in [3.05, 3.63) is 35.8 Å². The van der Waals surface area contributed by atoms with E-state index >= 15 is 0 Å². The number of benzene rings is 1. The Morgan fingerprint density at radius 3 is 2.79 bits per heavy atom. The summed E-state index contributed by atoms with van der Waals surface area (Å²) in [6, 6.07) is 4.86. The summed E-state index contributed by atoms with van der Waals surface area (Å²) >= 11 is 0. The quantitative estimate of drug-likeness (QED) is 0.838. The molecule has 3 rings (SSSR count). The fourth-order valence-electron chi connectivity index (χ4n) is 3.38. The maximum absolute atomic E-state index is 13.5. The number of halogens is 1. The van der Waals surface area contributed by atoms with Gasteiger partial charge in [0.1, 0.15) is 5.82 Å². The van der Waals surface area contributed by atoms with E-state index in [2.05, 4.69) is 14.6 Å². The first-order valence-corrected chi connectivity index (χ1v) is 10.1. The van der Waals surface area contributed by atoms with Gasteiger partial charge in [-0.1, -0.05) is 0 Å². The molecule has 0 radical (unpaired) electrons. The Balaban J connectivity index is 1.56. The average molecular weight is 353 g/mol. The monoisotopic (exact) mass is 353 g/mol. The molecule has 0 aliphatic carbocycles. The fourth-order valence-corrected chi connectivity index (χ4v) is 3.99. The third-order valence-corrected chi connectivity index (χ3v) is 6.24. The van der Waals surface area contributed by atoms with E-state index < -0.39 is 10.0 Å². The van der Waals surface area contributed by atoms with Gasteiger partial charge in [-0.3, -0.25) is 0 Å². The summed E-state index contributed by atoms with van der Waals surface area (Å²) < 4.78 is 39.0. The van der Waals surface area contributed by atoms with E-state index in [1.54, 1.807) is 19.1 Å². The first-order valence-electron chi connectivity index (χ1n) is 8.45. The molecular formula is C17H24FN3O2S. The summed E-state index contributed by atoms with van der Waals surface area (Å²) in [6.07, 6.45) is 4.01. The molecule has 132 valence electrons. The number of nitrogens with one attached hydrogen (secondary N) is 2. The number of hydrogen-bond donors (Lipinski definition) is 2. The van der Waals surface area contributed by atoms with Crippen LogP contribution in [0.25, 0.3) is 10.9 Å². The van der Waals surface area contributed by atoms with Crippen molar-refractivity contribution in [2.75, 3.05) is 31.9 Å². The number of fused-ring (bicyclic) bond motifs is 1. The number of H-pyrrole nitrogens is 1. The van der Waals surface area contributed by atoms with E-state index in [0.29, 0.717) is 12.5 Å². The molecule has 1 saturated heterocycles. The van der Waals surface area contributed by atoms with Crippen molar-refractivity contribution in [3.63, 3.8) is 0 Å². The zero-order chi connectivity index (χ0) is 17.2. The lowest BCUT2D eigenvalue weighted by Crippen LogP contribution is -2.39. The summed E-state index contributed by atoms with van der Waals surface area (Å²) in [5.74, 6) is 0.333. The largest absolute Gasteiger partial charge is 0.361 e. The molecule has 1 fully saturated rings. The van der Waals surface area contributed by atoms with Crippen LogP contribution in [0.15, 0.2) is 24.4 Å². The normalized spacial score (nSPS) is 17.6. The van der Waals surface area contributed by atoms with Crippen molar-refractivity contribution < 1.29 is 12.8 Å². The van der Waals surface area contributed by atoms with Gasteiger partial charge in [0.15, 0.2) is 0 Å². The van der Waals surface area contributed by atoms with Crippen molar-refractivity contribution in [2.24, 2.45) is 0 Å². The molecule has 0 amide bonds. The van der Waals surface area contributed by atoms with E-state index in [9.17, 15) is 12.8 Å². The molecule has 2 N–H and O–H groups in total. The summed E-state index contributed by atoms with van der Waals surface area (Å²) in [5.41, 5.74) is 2.17. The summed E-state index contributed by atoms with van der Waals surface area (Å²) in [4.78, 5) is 5.51. The molecular weight excluding hydrogens is 329 g/mol. The van der Waals surface area contributed by atoms with E-state index in [1.165, 1.54) is 11.6 Å². The van der Waals surface area contributed by atoms with Crippen LogP contribution in [0.1, 0.15) is 31.2 Å². The molecule has 1 aliphatic heterocycles. The number of sulfonamides is 1. The van der Waals surface area contributed by atoms with Gasteiger partial charge in [-0.25, -0.2) is 17.5 Å². The Hall–Kier alpha value is -1.44. The van der Waals surface area contributed by atoms with Crippen molar-refractivity contribution in [1.29, 1.82) is 0 Å². The molecule has 1 aromatic heterocycles. The Morgan fingerprint density at radius 2 is 2.08 bits per heavy atom. The number of piperidine rings is 1. The lowest BCUT2D eigenvalue weighted by molar-refractivity contribution is 0.216. The number of aromatic nitrogens is 1. The van der Waals surface area contributed by atoms with Crippen LogP contribution in [0.4, 0.5) is 4.39 Å². The molecule has 0 atom stereocenters. The highest BCUT2D eigenvalue weighted by Gasteiger charge is 2.23. The van der Waals surface area contributed by atoms with E-state index in [0.717, 1.165) is 43.4 Å². The van der Waals surface area contributed by atoms with Crippen molar-refractivity contribution in [1.82, 2.24) is 14.6 Å². The minimum absolute atomic E-state index is 0.117. The smallest absolute Gasteiger partial charge is 0.211 e. The second-order valence-electron chi connectivity index (χ2n) is 6.35. The lowest BCUT2D eigenvalue weighted by atomic mass is 9.89. The van der Waals surface area contributed by atoms with Crippen LogP contribution in [0, 0.1) is 5.82 Å². The summed E-state index contributed by atoms with van der Waals surface area (Å²) in [6.45, 7) is 4.69. The molecule has 2 heterocycles. The van der Waals surface area contributed by atoms with E-state index in [1.807, 2.05) is 6.20 Å². The highest BCUT2D eigenvalue weighted by molar-refractivity contribution is 7.89. The summed E-state index contributed by atoms with van der Waals surface area (Å²) in [5, 5.41) is 0.976. The van der Waals surface area contributed by atoms with Crippen LogP contribution >= 0.6 is 0 Å². The lowest BCUT2D eigenvalue weighted by Gasteiger charge is -2.31. The maximum atomic E-state index is 13.5. The van der Waals surface area contributed by atoms with Crippen LogP contribution < -0.4 is 4.72 Å². The molecule has 1 aliphatic rings. The van der Waals surface area contributed by atoms with Gasteiger partial charge >= 0.3 is 0 Å². The Bertz CT molecular complexity index is 795. The Labute approximate surface area is 142 Å². The van der Waals surface area contributed by atoms with Crippen LogP contribution in [0.2, 0.25) is 0 Å². The van der Waals surface area contributed by atoms with Gasteiger partial charge in [-0.15, -0.1) is 0 Å². The van der Waals surface area contributed by atoms with Crippen LogP contribution in [-0.2, 0) is 10.0 Å². The highest BCUT2D eigenvalue weighted by atomic mass is 32.2. The first-order chi connectivity index (χ1) is 11.5. The molecule has 0 saturated carbocycles. The number of likely N-dealkylation sites (tertiary alicyclic amines) is 1. The van der Waals surface area contributed by atoms with Gasteiger partial charge in [0, 0.05) is 30.2 Å². The topological polar surface area (TPSA) is 65.2 Å². The van der Waals surface area contributed by atoms with Gasteiger partial charge in [0.25, 0.3) is 0 Å². The maximum Gasteiger partial charge on any atom is 0.211 e. The second kappa shape index (κ2) is 7.21. The SMILES string of the molecule is CCS(=O)(=O)NCCN1CCC(c2c[nH]c3ccc(F)cc23)CC1. The Morgan fingerprint density at radius 1 is 1.33 bits per heavy atom. The van der Waals surface area contributed by atoms with Crippen LogP contribution in [0.5, 0.6) is 0 Å². The first kappa shape index (κ1) is 17.4. The van der Waals surface area contributed by atoms with Gasteiger partial charge in [0.05, 0.1) is 5.75 Å². The van der Waals surface area contributed by atoms with Crippen LogP contribution in [0.3, 0.4) is 0 Å². The molecule has 0 unspecified atom stereocenters. The minimum atomic E-state index is -3.11. The van der Waals surface area contributed by atoms with E-state index in [-0.39, 0.29) is 11.6 Å². The molecule has 0 bridgehead atoms. The van der Waals surface area contributed by atoms with E-state index in [4.69, 9.17) is 0 Å². The zero-order valence-electron chi connectivity index (χ0n) is 13.9. The standard InChI is InChI=1S/C17H24FN3O2S/c1-2-24(22,23)20-7-10-21-8-5-13(6-9-21)16-12-19-17-4-3-14(18)11-15(16)17/h3-4,11-13,19-20H,2,5-10H2,1H3. The average Bonchev–Trinajstić information content (AvgIpc) is 2.98. The second-order valence-corrected chi connectivity index (χ2v) is 8.44. The van der Waals surface area contributed by atoms with Crippen molar-refractivity contribution in [3.8, 4) is 0 Å². The van der Waals surface area contributed by atoms with Crippen molar-refractivity contribution >= 4 is 20.9 Å². The minimum Gasteiger partial charge on any atom is -0.361 e. The van der Waals surface area contributed by atoms with Gasteiger partial charge in [0.2, 0.25) is 10.0 Å². The predicted molar refractivity (Wildman–Crippen MR) is 94.1 cm³/mol. The number of aromatic amines is 1. The van der Waals surface area contributed by atoms with Crippen LogP contribution in [-0.4, -0.2) is 50.2 Å². The summed E-state index contributed by atoms with van der Waals surface area (Å²) in [7, 11) is -3.11. The molecule has 24 heavy (non-hydrogen) atoms. The van der Waals surface area contributed by atoms with Gasteiger partial charge < -0.3 is 9.88 Å². The number of hydrogen-bond acceptors (Lipinski definition) is 3. The molecule has 5 nitrogen and oxygen atoms in total. The molecule has 7 heteroatoms. The van der Waals surface area contributed by atoms with Gasteiger partial charge in [-0.2, -0.15) is 0 Å². The van der Waals surface area contributed by atoms with Crippen molar-refractivity contribution in [2.45, 2.75) is 25.7 Å². The molecule has 2 aromatic rings. The Kier molecular flexibility index (Phi) is 5.22. The fraction of sp³-hybridized carbons (Fsp3) is 0.529. The third kappa shape index (κ3) is 3.96. The molecule has 0 spiro atoms.